The molecule has 2 aliphatic rings. The lowest BCUT2D eigenvalue weighted by Crippen LogP contribution is -2.54. The zero-order chi connectivity index (χ0) is 44.4. The number of benzene rings is 11. The summed E-state index contributed by atoms with van der Waals surface area (Å²) in [5.74, 6) is 1.07. The van der Waals surface area contributed by atoms with E-state index in [1.807, 2.05) is 6.20 Å². The lowest BCUT2D eigenvalue weighted by Gasteiger charge is -2.50. The molecule has 12 aromatic rings. The van der Waals surface area contributed by atoms with Gasteiger partial charge in [0.15, 0.2) is 0 Å². The molecule has 2 heterocycles. The smallest absolute Gasteiger partial charge is 0.141 e. The SMILES string of the molecule is CC12CCCCC1(C)N(c1nccc3ccccc13)c1ccc(-c3cc(-c4cccc5ccccc45)c4ccc5c(-c6ccccc6)cc(-c6cccc7ccccc67)c6ccc3c4c56)cc12. The van der Waals surface area contributed by atoms with E-state index in [0.29, 0.717) is 0 Å². The topological polar surface area (TPSA) is 16.1 Å². The van der Waals surface area contributed by atoms with Crippen LogP contribution in [0.3, 0.4) is 0 Å². The van der Waals surface area contributed by atoms with E-state index in [4.69, 9.17) is 4.98 Å². The van der Waals surface area contributed by atoms with Crippen molar-refractivity contribution in [1.29, 1.82) is 0 Å². The number of hydrogen-bond donors (Lipinski definition) is 0. The summed E-state index contributed by atoms with van der Waals surface area (Å²) in [6, 6.07) is 75.3. The van der Waals surface area contributed by atoms with Crippen molar-refractivity contribution in [1.82, 2.24) is 4.98 Å². The largest absolute Gasteiger partial charge is 0.319 e. The lowest BCUT2D eigenvalue weighted by atomic mass is 9.61. The van der Waals surface area contributed by atoms with Crippen LogP contribution in [0.4, 0.5) is 11.5 Å². The van der Waals surface area contributed by atoms with E-state index in [9.17, 15) is 0 Å². The van der Waals surface area contributed by atoms with Gasteiger partial charge in [0.05, 0.1) is 5.54 Å². The monoisotopic (exact) mass is 856 g/mol. The first kappa shape index (κ1) is 38.5. The van der Waals surface area contributed by atoms with Crippen LogP contribution in [0.15, 0.2) is 206 Å². The summed E-state index contributed by atoms with van der Waals surface area (Å²) in [7, 11) is 0. The molecule has 2 atom stereocenters. The number of pyridine rings is 1. The van der Waals surface area contributed by atoms with Gasteiger partial charge < -0.3 is 4.90 Å². The van der Waals surface area contributed by atoms with Crippen LogP contribution in [0.5, 0.6) is 0 Å². The van der Waals surface area contributed by atoms with Crippen molar-refractivity contribution in [3.63, 3.8) is 0 Å². The van der Waals surface area contributed by atoms with Gasteiger partial charge in [0, 0.05) is 22.7 Å². The van der Waals surface area contributed by atoms with Gasteiger partial charge in [-0.1, -0.05) is 190 Å². The molecule has 1 aliphatic heterocycles. The Morgan fingerprint density at radius 3 is 1.52 bits per heavy atom. The van der Waals surface area contributed by atoms with Gasteiger partial charge in [-0.05, 0) is 159 Å². The Morgan fingerprint density at radius 1 is 0.388 bits per heavy atom. The highest BCUT2D eigenvalue weighted by Crippen LogP contribution is 2.62. The quantitative estimate of drug-likeness (QED) is 0.160. The third-order valence-corrected chi connectivity index (χ3v) is 16.4. The van der Waals surface area contributed by atoms with Crippen molar-refractivity contribution in [2.24, 2.45) is 0 Å². The van der Waals surface area contributed by atoms with Gasteiger partial charge >= 0.3 is 0 Å². The molecule has 2 heteroatoms. The molecular weight excluding hydrogens is 809 g/mol. The molecule has 1 fully saturated rings. The summed E-state index contributed by atoms with van der Waals surface area (Å²) in [6.45, 7) is 5.06. The summed E-state index contributed by atoms with van der Waals surface area (Å²) in [4.78, 5) is 7.83. The molecule has 0 N–H and O–H groups in total. The second kappa shape index (κ2) is 14.3. The Kier molecular flexibility index (Phi) is 8.23. The first-order valence-corrected chi connectivity index (χ1v) is 24.1. The molecule has 11 aromatic carbocycles. The minimum Gasteiger partial charge on any atom is -0.319 e. The van der Waals surface area contributed by atoms with Crippen LogP contribution in [0.25, 0.3) is 109 Å². The van der Waals surface area contributed by atoms with Crippen LogP contribution < -0.4 is 4.90 Å². The van der Waals surface area contributed by atoms with Gasteiger partial charge in [-0.3, -0.25) is 0 Å². The molecule has 0 spiro atoms. The van der Waals surface area contributed by atoms with Crippen molar-refractivity contribution < 1.29 is 0 Å². The number of aromatic nitrogens is 1. The summed E-state index contributed by atoms with van der Waals surface area (Å²) in [6.07, 6.45) is 6.69. The summed E-state index contributed by atoms with van der Waals surface area (Å²) < 4.78 is 0. The van der Waals surface area contributed by atoms with Crippen LogP contribution in [-0.2, 0) is 5.41 Å². The maximum Gasteiger partial charge on any atom is 0.141 e. The fourth-order valence-electron chi connectivity index (χ4n) is 13.0. The van der Waals surface area contributed by atoms with Crippen molar-refractivity contribution >= 4 is 76.1 Å². The third-order valence-electron chi connectivity index (χ3n) is 16.4. The van der Waals surface area contributed by atoms with E-state index >= 15 is 0 Å². The highest BCUT2D eigenvalue weighted by molar-refractivity contribution is 6.33. The van der Waals surface area contributed by atoms with E-state index in [1.165, 1.54) is 133 Å². The Balaban J connectivity index is 1.10. The normalized spacial score (nSPS) is 18.1. The number of anilines is 2. The van der Waals surface area contributed by atoms with Gasteiger partial charge in [-0.25, -0.2) is 4.98 Å². The first-order valence-electron chi connectivity index (χ1n) is 24.1. The average Bonchev–Trinajstić information content (AvgIpc) is 3.59. The lowest BCUT2D eigenvalue weighted by molar-refractivity contribution is 0.194. The van der Waals surface area contributed by atoms with E-state index in [-0.39, 0.29) is 11.0 Å². The Bertz CT molecular complexity index is 3960. The zero-order valence-corrected chi connectivity index (χ0v) is 37.9. The molecule has 2 nitrogen and oxygen atoms in total. The van der Waals surface area contributed by atoms with Crippen molar-refractivity contribution in [2.75, 3.05) is 4.90 Å². The van der Waals surface area contributed by atoms with Crippen LogP contribution in [0.1, 0.15) is 45.1 Å². The predicted molar refractivity (Wildman–Crippen MR) is 285 cm³/mol. The fourth-order valence-corrected chi connectivity index (χ4v) is 13.0. The maximum atomic E-state index is 5.19. The second-order valence-electron chi connectivity index (χ2n) is 19.7. The van der Waals surface area contributed by atoms with Gasteiger partial charge in [0.25, 0.3) is 0 Å². The predicted octanol–water partition coefficient (Wildman–Crippen LogP) is 17.8. The number of rotatable bonds is 5. The molecule has 0 bridgehead atoms. The maximum absolute atomic E-state index is 5.19. The van der Waals surface area contributed by atoms with Crippen LogP contribution in [0.2, 0.25) is 0 Å². The molecule has 318 valence electrons. The standard InChI is InChI=1S/C65H48N2/c1-64-35-12-13-36-65(64,2)67(63-48-25-11-8-20-44(48)34-37-66-63)60-33-28-45(38-59(60)64)56-40-58(50-27-15-22-42-19-7-10-24-47(42)50)54-31-29-51-55(43-16-4-3-5-17-43)39-57(53-32-30-52(56)62(54)61(51)53)49-26-14-21-41-18-6-9-23-46(41)49/h3-11,14-34,37-40H,12-13,35-36H2,1-2H3. The Morgan fingerprint density at radius 2 is 0.896 bits per heavy atom. The van der Waals surface area contributed by atoms with E-state index < -0.39 is 0 Å². The highest BCUT2D eigenvalue weighted by atomic mass is 15.3. The van der Waals surface area contributed by atoms with Crippen molar-refractivity contribution in [2.45, 2.75) is 50.5 Å². The van der Waals surface area contributed by atoms with E-state index in [2.05, 4.69) is 219 Å². The third kappa shape index (κ3) is 5.42. The summed E-state index contributed by atoms with van der Waals surface area (Å²) in [5, 5.41) is 15.3. The molecule has 1 aromatic heterocycles. The molecule has 67 heavy (non-hydrogen) atoms. The van der Waals surface area contributed by atoms with E-state index in [0.717, 1.165) is 18.7 Å². The molecule has 0 saturated heterocycles. The van der Waals surface area contributed by atoms with E-state index in [1.54, 1.807) is 0 Å². The minimum absolute atomic E-state index is 0.0740. The minimum atomic E-state index is -0.133. The Hall–Kier alpha value is -7.81. The van der Waals surface area contributed by atoms with Gasteiger partial charge in [0.2, 0.25) is 0 Å². The van der Waals surface area contributed by atoms with Crippen molar-refractivity contribution in [3.05, 3.63) is 212 Å². The van der Waals surface area contributed by atoms with Crippen LogP contribution >= 0.6 is 0 Å². The Labute approximate surface area is 391 Å². The zero-order valence-electron chi connectivity index (χ0n) is 37.9. The molecule has 2 unspecified atom stereocenters. The average molecular weight is 857 g/mol. The van der Waals surface area contributed by atoms with Gasteiger partial charge in [-0.2, -0.15) is 0 Å². The molecular formula is C65H48N2. The molecule has 1 aliphatic carbocycles. The molecule has 0 amide bonds. The molecule has 0 radical (unpaired) electrons. The van der Waals surface area contributed by atoms with Crippen LogP contribution in [-0.4, -0.2) is 10.5 Å². The summed E-state index contributed by atoms with van der Waals surface area (Å²) in [5.41, 5.74) is 12.6. The van der Waals surface area contributed by atoms with Crippen LogP contribution in [0, 0.1) is 0 Å². The first-order chi connectivity index (χ1) is 33.0. The van der Waals surface area contributed by atoms with Crippen molar-refractivity contribution in [3.8, 4) is 44.5 Å². The highest BCUT2D eigenvalue weighted by Gasteiger charge is 2.58. The summed E-state index contributed by atoms with van der Waals surface area (Å²) >= 11 is 0. The number of hydrogen-bond acceptors (Lipinski definition) is 2. The second-order valence-corrected chi connectivity index (χ2v) is 19.7. The van der Waals surface area contributed by atoms with Gasteiger partial charge in [0.1, 0.15) is 5.82 Å². The molecule has 1 saturated carbocycles. The fraction of sp³-hybridized carbons (Fsp3) is 0.123. The van der Waals surface area contributed by atoms with Gasteiger partial charge in [-0.15, -0.1) is 0 Å². The number of nitrogens with zero attached hydrogens (tertiary/aromatic N) is 2. The molecule has 14 rings (SSSR count). The number of fused-ring (bicyclic) bond motifs is 6.